The van der Waals surface area contributed by atoms with Crippen LogP contribution >= 0.6 is 22.9 Å². The molecule has 1 nitrogen and oxygen atoms in total. The normalized spacial score (nSPS) is 20.4. The van der Waals surface area contributed by atoms with Gasteiger partial charge in [0, 0.05) is 17.0 Å². The molecule has 84 valence electrons. The van der Waals surface area contributed by atoms with Crippen LogP contribution in [0.3, 0.4) is 0 Å². The molecule has 1 saturated carbocycles. The molecule has 2 rings (SSSR count). The van der Waals surface area contributed by atoms with E-state index in [1.54, 1.807) is 11.3 Å². The maximum absolute atomic E-state index is 5.94. The summed E-state index contributed by atoms with van der Waals surface area (Å²) in [7, 11) is 0. The Morgan fingerprint density at radius 1 is 1.33 bits per heavy atom. The first-order valence-electron chi connectivity index (χ1n) is 5.77. The zero-order chi connectivity index (χ0) is 10.7. The predicted molar refractivity (Wildman–Crippen MR) is 67.8 cm³/mol. The molecule has 1 aromatic rings. The molecule has 15 heavy (non-hydrogen) atoms. The van der Waals surface area contributed by atoms with E-state index in [4.69, 9.17) is 11.6 Å². The van der Waals surface area contributed by atoms with E-state index in [1.807, 2.05) is 6.07 Å². The highest BCUT2D eigenvalue weighted by Gasteiger charge is 2.16. The van der Waals surface area contributed by atoms with Gasteiger partial charge in [0.05, 0.1) is 4.34 Å². The standard InChI is InChI=1S/C12H18ClNS/c1-9(11-7-8-12(13)15-11)14-10-5-3-2-4-6-10/h7-10,14H,2-6H2,1H3/t9-/m1/s1. The summed E-state index contributed by atoms with van der Waals surface area (Å²) in [5.41, 5.74) is 0. The fraction of sp³-hybridized carbons (Fsp3) is 0.667. The molecule has 0 amide bonds. The van der Waals surface area contributed by atoms with Gasteiger partial charge >= 0.3 is 0 Å². The Morgan fingerprint density at radius 2 is 2.07 bits per heavy atom. The van der Waals surface area contributed by atoms with E-state index in [-0.39, 0.29) is 0 Å². The molecular formula is C12H18ClNS. The van der Waals surface area contributed by atoms with E-state index >= 15 is 0 Å². The number of hydrogen-bond donors (Lipinski definition) is 1. The molecular weight excluding hydrogens is 226 g/mol. The zero-order valence-corrected chi connectivity index (χ0v) is 10.7. The van der Waals surface area contributed by atoms with Crippen LogP contribution in [0.2, 0.25) is 4.34 Å². The van der Waals surface area contributed by atoms with E-state index in [9.17, 15) is 0 Å². The fourth-order valence-corrected chi connectivity index (χ4v) is 3.34. The largest absolute Gasteiger partial charge is 0.307 e. The molecule has 3 heteroatoms. The molecule has 1 aromatic heterocycles. The summed E-state index contributed by atoms with van der Waals surface area (Å²) < 4.78 is 0.891. The first-order chi connectivity index (χ1) is 7.25. The first-order valence-corrected chi connectivity index (χ1v) is 6.96. The van der Waals surface area contributed by atoms with E-state index in [1.165, 1.54) is 37.0 Å². The molecule has 0 aromatic carbocycles. The first kappa shape index (κ1) is 11.4. The van der Waals surface area contributed by atoms with Crippen molar-refractivity contribution < 1.29 is 0 Å². The van der Waals surface area contributed by atoms with E-state index < -0.39 is 0 Å². The van der Waals surface area contributed by atoms with Gasteiger partial charge in [-0.1, -0.05) is 30.9 Å². The Hall–Kier alpha value is -0.0500. The van der Waals surface area contributed by atoms with Gasteiger partial charge in [0.25, 0.3) is 0 Å². The van der Waals surface area contributed by atoms with Gasteiger partial charge < -0.3 is 5.32 Å². The Kier molecular flexibility index (Phi) is 4.06. The van der Waals surface area contributed by atoms with Gasteiger partial charge in [0.1, 0.15) is 0 Å². The van der Waals surface area contributed by atoms with Crippen LogP contribution in [0.25, 0.3) is 0 Å². The lowest BCUT2D eigenvalue weighted by Gasteiger charge is -2.26. The van der Waals surface area contributed by atoms with Crippen molar-refractivity contribution in [3.63, 3.8) is 0 Å². The Labute approximate surface area is 101 Å². The molecule has 0 unspecified atom stereocenters. The summed E-state index contributed by atoms with van der Waals surface area (Å²) in [6, 6.07) is 5.29. The van der Waals surface area contributed by atoms with E-state index in [0.717, 1.165) is 10.4 Å². The van der Waals surface area contributed by atoms with Crippen molar-refractivity contribution in [2.45, 2.75) is 51.1 Å². The maximum atomic E-state index is 5.94. The van der Waals surface area contributed by atoms with Crippen molar-refractivity contribution in [1.82, 2.24) is 5.32 Å². The third-order valence-electron chi connectivity index (χ3n) is 3.11. The third kappa shape index (κ3) is 3.20. The van der Waals surface area contributed by atoms with Crippen LogP contribution in [0.15, 0.2) is 12.1 Å². The van der Waals surface area contributed by atoms with Crippen molar-refractivity contribution >= 4 is 22.9 Å². The van der Waals surface area contributed by atoms with Gasteiger partial charge in [-0.15, -0.1) is 11.3 Å². The van der Waals surface area contributed by atoms with Gasteiger partial charge in [-0.25, -0.2) is 0 Å². The topological polar surface area (TPSA) is 12.0 Å². The lowest BCUT2D eigenvalue weighted by atomic mass is 9.95. The lowest BCUT2D eigenvalue weighted by Crippen LogP contribution is -2.32. The Balaban J connectivity index is 1.88. The lowest BCUT2D eigenvalue weighted by molar-refractivity contribution is 0.348. The number of nitrogens with one attached hydrogen (secondary N) is 1. The second kappa shape index (κ2) is 5.33. The quantitative estimate of drug-likeness (QED) is 0.831. The number of thiophene rings is 1. The fourth-order valence-electron chi connectivity index (χ4n) is 2.27. The molecule has 1 heterocycles. The van der Waals surface area contributed by atoms with Crippen molar-refractivity contribution in [2.75, 3.05) is 0 Å². The minimum Gasteiger partial charge on any atom is -0.307 e. The van der Waals surface area contributed by atoms with Crippen LogP contribution in [-0.4, -0.2) is 6.04 Å². The molecule has 1 N–H and O–H groups in total. The summed E-state index contributed by atoms with van der Waals surface area (Å²) in [5, 5.41) is 3.70. The average molecular weight is 244 g/mol. The molecule has 0 aliphatic heterocycles. The molecule has 1 aliphatic rings. The molecule has 0 spiro atoms. The van der Waals surface area contributed by atoms with Crippen molar-refractivity contribution in [3.8, 4) is 0 Å². The third-order valence-corrected chi connectivity index (χ3v) is 4.53. The summed E-state index contributed by atoms with van der Waals surface area (Å²) in [5.74, 6) is 0. The van der Waals surface area contributed by atoms with Crippen LogP contribution in [0, 0.1) is 0 Å². The molecule has 0 radical (unpaired) electrons. The molecule has 1 aliphatic carbocycles. The smallest absolute Gasteiger partial charge is 0.0931 e. The van der Waals surface area contributed by atoms with Crippen molar-refractivity contribution in [2.24, 2.45) is 0 Å². The van der Waals surface area contributed by atoms with Crippen LogP contribution in [0.1, 0.15) is 49.9 Å². The van der Waals surface area contributed by atoms with Crippen LogP contribution < -0.4 is 5.32 Å². The monoisotopic (exact) mass is 243 g/mol. The highest BCUT2D eigenvalue weighted by Crippen LogP contribution is 2.28. The molecule has 1 fully saturated rings. The molecule has 1 atom stereocenters. The van der Waals surface area contributed by atoms with Gasteiger partial charge in [-0.3, -0.25) is 0 Å². The van der Waals surface area contributed by atoms with Gasteiger partial charge in [-0.05, 0) is 31.9 Å². The maximum Gasteiger partial charge on any atom is 0.0931 e. The molecule has 0 saturated heterocycles. The number of rotatable bonds is 3. The van der Waals surface area contributed by atoms with Crippen LogP contribution in [-0.2, 0) is 0 Å². The van der Waals surface area contributed by atoms with Crippen LogP contribution in [0.4, 0.5) is 0 Å². The van der Waals surface area contributed by atoms with Crippen molar-refractivity contribution in [1.29, 1.82) is 0 Å². The number of halogens is 1. The number of hydrogen-bond acceptors (Lipinski definition) is 2. The summed E-state index contributed by atoms with van der Waals surface area (Å²) in [6.07, 6.45) is 6.86. The summed E-state index contributed by atoms with van der Waals surface area (Å²) >= 11 is 7.63. The highest BCUT2D eigenvalue weighted by atomic mass is 35.5. The zero-order valence-electron chi connectivity index (χ0n) is 9.13. The molecule has 0 bridgehead atoms. The predicted octanol–water partition coefficient (Wildman–Crippen LogP) is 4.38. The Morgan fingerprint density at radius 3 is 2.67 bits per heavy atom. The van der Waals surface area contributed by atoms with E-state index in [0.29, 0.717) is 6.04 Å². The SMILES string of the molecule is C[C@@H](NC1CCCCC1)c1ccc(Cl)s1. The summed E-state index contributed by atoms with van der Waals surface area (Å²) in [6.45, 7) is 2.23. The van der Waals surface area contributed by atoms with Gasteiger partial charge in [-0.2, -0.15) is 0 Å². The second-order valence-electron chi connectivity index (χ2n) is 4.37. The van der Waals surface area contributed by atoms with E-state index in [2.05, 4.69) is 18.3 Å². The van der Waals surface area contributed by atoms with Crippen molar-refractivity contribution in [3.05, 3.63) is 21.3 Å². The Bertz CT molecular complexity index is 304. The average Bonchev–Trinajstić information content (AvgIpc) is 2.66. The van der Waals surface area contributed by atoms with Crippen LogP contribution in [0.5, 0.6) is 0 Å². The second-order valence-corrected chi connectivity index (χ2v) is 6.11. The summed E-state index contributed by atoms with van der Waals surface area (Å²) in [4.78, 5) is 1.35. The van der Waals surface area contributed by atoms with Gasteiger partial charge in [0.15, 0.2) is 0 Å². The van der Waals surface area contributed by atoms with Gasteiger partial charge in [0.2, 0.25) is 0 Å². The highest BCUT2D eigenvalue weighted by molar-refractivity contribution is 7.16. The minimum absolute atomic E-state index is 0.450. The minimum atomic E-state index is 0.450.